The van der Waals surface area contributed by atoms with Crippen LogP contribution < -0.4 is 0 Å². The first kappa shape index (κ1) is 15.9. The topological polar surface area (TPSA) is 74.8 Å². The third kappa shape index (κ3) is 2.27. The number of aryl methyl sites for hydroxylation is 1. The number of hydrogen-bond acceptors (Lipinski definition) is 5. The first-order valence-corrected chi connectivity index (χ1v) is 9.23. The van der Waals surface area contributed by atoms with Crippen LogP contribution in [0.2, 0.25) is 0 Å². The summed E-state index contributed by atoms with van der Waals surface area (Å²) in [6.07, 6.45) is 3.25. The van der Waals surface area contributed by atoms with Gasteiger partial charge in [0.1, 0.15) is 12.0 Å². The largest absolute Gasteiger partial charge is 0.419 e. The Hall–Kier alpha value is -4.13. The van der Waals surface area contributed by atoms with Crippen molar-refractivity contribution in [2.45, 2.75) is 6.92 Å². The summed E-state index contributed by atoms with van der Waals surface area (Å²) in [6.45, 7) is 1.98. The highest BCUT2D eigenvalue weighted by Gasteiger charge is 2.26. The summed E-state index contributed by atoms with van der Waals surface area (Å²) in [5.41, 5.74) is 5.60. The van der Waals surface area contributed by atoms with Gasteiger partial charge in [0.2, 0.25) is 11.4 Å². The van der Waals surface area contributed by atoms with Gasteiger partial charge in [0, 0.05) is 0 Å². The smallest absolute Gasteiger partial charge is 0.233 e. The normalized spacial score (nSPS) is 11.6. The zero-order valence-electron chi connectivity index (χ0n) is 15.5. The Labute approximate surface area is 164 Å². The minimum absolute atomic E-state index is 0.660. The standard InChI is InChI=1S/C22H15N5O2/c1-14-18-19-20(15-12-23-28-13-15)25-27(17-10-6-3-7-11-17)22(19)29-21(18)26(24-14)16-8-4-2-5-9-16/h2-13H,1H3. The van der Waals surface area contributed by atoms with E-state index in [4.69, 9.17) is 19.1 Å². The number of hydrogen-bond donors (Lipinski definition) is 0. The van der Waals surface area contributed by atoms with Crippen molar-refractivity contribution >= 4 is 22.2 Å². The minimum atomic E-state index is 0.660. The van der Waals surface area contributed by atoms with Gasteiger partial charge in [0.05, 0.1) is 39.6 Å². The van der Waals surface area contributed by atoms with Gasteiger partial charge >= 0.3 is 0 Å². The molecule has 0 aliphatic heterocycles. The molecule has 7 nitrogen and oxygen atoms in total. The van der Waals surface area contributed by atoms with E-state index in [0.29, 0.717) is 11.4 Å². The van der Waals surface area contributed by atoms with E-state index in [0.717, 1.165) is 39.1 Å². The molecule has 6 rings (SSSR count). The molecule has 0 saturated heterocycles. The average Bonchev–Trinajstić information content (AvgIpc) is 3.52. The van der Waals surface area contributed by atoms with E-state index in [1.54, 1.807) is 12.5 Å². The molecule has 0 aliphatic carbocycles. The van der Waals surface area contributed by atoms with Crippen molar-refractivity contribution in [3.8, 4) is 22.6 Å². The molecule has 29 heavy (non-hydrogen) atoms. The van der Waals surface area contributed by atoms with E-state index in [-0.39, 0.29) is 0 Å². The summed E-state index contributed by atoms with van der Waals surface area (Å²) in [6, 6.07) is 19.9. The van der Waals surface area contributed by atoms with E-state index in [1.807, 2.05) is 77.0 Å². The van der Waals surface area contributed by atoms with Crippen molar-refractivity contribution < 1.29 is 8.94 Å². The van der Waals surface area contributed by atoms with E-state index in [1.165, 1.54) is 0 Å². The highest BCUT2D eigenvalue weighted by molar-refractivity contribution is 6.11. The fourth-order valence-corrected chi connectivity index (χ4v) is 3.71. The monoisotopic (exact) mass is 381 g/mol. The lowest BCUT2D eigenvalue weighted by Crippen LogP contribution is -1.97. The van der Waals surface area contributed by atoms with Crippen molar-refractivity contribution in [3.63, 3.8) is 0 Å². The summed E-state index contributed by atoms with van der Waals surface area (Å²) >= 11 is 0. The van der Waals surface area contributed by atoms with Gasteiger partial charge < -0.3 is 8.94 Å². The molecule has 0 amide bonds. The van der Waals surface area contributed by atoms with Crippen molar-refractivity contribution in [3.05, 3.63) is 78.8 Å². The third-order valence-corrected chi connectivity index (χ3v) is 5.01. The Bertz CT molecular complexity index is 1440. The van der Waals surface area contributed by atoms with Crippen LogP contribution in [0.1, 0.15) is 5.69 Å². The summed E-state index contributed by atoms with van der Waals surface area (Å²) in [4.78, 5) is 0. The number of furan rings is 1. The van der Waals surface area contributed by atoms with Crippen LogP contribution in [0, 0.1) is 6.92 Å². The van der Waals surface area contributed by atoms with Gasteiger partial charge in [-0.25, -0.2) is 0 Å². The Morgan fingerprint density at radius 3 is 2.00 bits per heavy atom. The molecule has 0 N–H and O–H groups in total. The molecule has 4 aromatic heterocycles. The zero-order chi connectivity index (χ0) is 19.4. The zero-order valence-corrected chi connectivity index (χ0v) is 15.5. The molecule has 140 valence electrons. The second-order valence-corrected chi connectivity index (χ2v) is 6.80. The van der Waals surface area contributed by atoms with E-state index >= 15 is 0 Å². The first-order chi connectivity index (χ1) is 14.3. The molecule has 0 spiro atoms. The lowest BCUT2D eigenvalue weighted by Gasteiger charge is -2.02. The fourth-order valence-electron chi connectivity index (χ4n) is 3.71. The van der Waals surface area contributed by atoms with Crippen LogP contribution >= 0.6 is 0 Å². The van der Waals surface area contributed by atoms with Crippen LogP contribution in [0.5, 0.6) is 0 Å². The van der Waals surface area contributed by atoms with Gasteiger partial charge in [-0.05, 0) is 31.2 Å². The molecule has 2 aromatic carbocycles. The Balaban J connectivity index is 1.74. The summed E-state index contributed by atoms with van der Waals surface area (Å²) in [7, 11) is 0. The molecular formula is C22H15N5O2. The van der Waals surface area contributed by atoms with Gasteiger partial charge in [0.25, 0.3) is 0 Å². The fraction of sp³-hybridized carbons (Fsp3) is 0.0455. The lowest BCUT2D eigenvalue weighted by molar-refractivity contribution is 0.420. The minimum Gasteiger partial charge on any atom is -0.419 e. The van der Waals surface area contributed by atoms with E-state index in [2.05, 4.69) is 5.16 Å². The van der Waals surface area contributed by atoms with Gasteiger partial charge in [-0.15, -0.1) is 0 Å². The van der Waals surface area contributed by atoms with Crippen molar-refractivity contribution in [2.75, 3.05) is 0 Å². The highest BCUT2D eigenvalue weighted by atomic mass is 16.5. The number of aromatic nitrogens is 5. The summed E-state index contributed by atoms with van der Waals surface area (Å²) in [5.74, 6) is 0. The molecule has 0 radical (unpaired) electrons. The number of rotatable bonds is 3. The number of para-hydroxylation sites is 2. The molecule has 0 unspecified atom stereocenters. The molecule has 6 aromatic rings. The van der Waals surface area contributed by atoms with E-state index < -0.39 is 0 Å². The Morgan fingerprint density at radius 1 is 0.759 bits per heavy atom. The van der Waals surface area contributed by atoms with Crippen LogP contribution in [-0.4, -0.2) is 24.7 Å². The second kappa shape index (κ2) is 5.93. The lowest BCUT2D eigenvalue weighted by atomic mass is 10.1. The predicted molar refractivity (Wildman–Crippen MR) is 108 cm³/mol. The van der Waals surface area contributed by atoms with E-state index in [9.17, 15) is 0 Å². The quantitative estimate of drug-likeness (QED) is 0.435. The van der Waals surface area contributed by atoms with Gasteiger partial charge in [-0.3, -0.25) is 0 Å². The van der Waals surface area contributed by atoms with Crippen LogP contribution in [-0.2, 0) is 0 Å². The number of fused-ring (bicyclic) bond motifs is 3. The molecule has 0 bridgehead atoms. The SMILES string of the molecule is Cc1nn(-c2ccccc2)c2oc3c(c(-c4cnoc4)nn3-c3ccccc3)c12. The number of benzene rings is 2. The van der Waals surface area contributed by atoms with Crippen LogP contribution in [0.15, 0.2) is 82.1 Å². The third-order valence-electron chi connectivity index (χ3n) is 5.01. The van der Waals surface area contributed by atoms with Crippen LogP contribution in [0.25, 0.3) is 44.8 Å². The van der Waals surface area contributed by atoms with Crippen molar-refractivity contribution in [1.82, 2.24) is 24.7 Å². The predicted octanol–water partition coefficient (Wildman–Crippen LogP) is 4.92. The first-order valence-electron chi connectivity index (χ1n) is 9.23. The molecule has 0 fully saturated rings. The molecule has 0 saturated carbocycles. The maximum absolute atomic E-state index is 6.37. The molecule has 4 heterocycles. The van der Waals surface area contributed by atoms with Crippen LogP contribution in [0.3, 0.4) is 0 Å². The van der Waals surface area contributed by atoms with Gasteiger partial charge in [-0.1, -0.05) is 41.6 Å². The van der Waals surface area contributed by atoms with Gasteiger partial charge in [0.15, 0.2) is 0 Å². The Kier molecular flexibility index (Phi) is 3.25. The second-order valence-electron chi connectivity index (χ2n) is 6.80. The van der Waals surface area contributed by atoms with Gasteiger partial charge in [-0.2, -0.15) is 19.6 Å². The van der Waals surface area contributed by atoms with Crippen molar-refractivity contribution in [2.24, 2.45) is 0 Å². The summed E-state index contributed by atoms with van der Waals surface area (Å²) < 4.78 is 15.1. The summed E-state index contributed by atoms with van der Waals surface area (Å²) in [5, 5.41) is 15.2. The highest BCUT2D eigenvalue weighted by Crippen LogP contribution is 2.39. The number of nitrogens with zero attached hydrogens (tertiary/aromatic N) is 5. The molecule has 0 aliphatic rings. The van der Waals surface area contributed by atoms with Crippen LogP contribution in [0.4, 0.5) is 0 Å². The Morgan fingerprint density at radius 2 is 1.38 bits per heavy atom. The maximum atomic E-state index is 6.37. The average molecular weight is 381 g/mol. The molecular weight excluding hydrogens is 366 g/mol. The molecule has 0 atom stereocenters. The van der Waals surface area contributed by atoms with Crippen molar-refractivity contribution in [1.29, 1.82) is 0 Å². The maximum Gasteiger partial charge on any atom is 0.233 e. The molecule has 7 heteroatoms.